The highest BCUT2D eigenvalue weighted by Crippen LogP contribution is 2.45. The van der Waals surface area contributed by atoms with E-state index in [2.05, 4.69) is 48.5 Å². The number of phosphoric ester groups is 2. The summed E-state index contributed by atoms with van der Waals surface area (Å²) in [5.41, 5.74) is 0. The second kappa shape index (κ2) is 67.5. The summed E-state index contributed by atoms with van der Waals surface area (Å²) in [5.74, 6) is 0.235. The Morgan fingerprint density at radius 1 is 0.281 bits per heavy atom. The molecule has 0 aliphatic rings. The van der Waals surface area contributed by atoms with Crippen molar-refractivity contribution in [3.05, 3.63) is 0 Å². The van der Waals surface area contributed by atoms with Gasteiger partial charge in [0.15, 0.2) is 12.2 Å². The van der Waals surface area contributed by atoms with Gasteiger partial charge in [-0.25, -0.2) is 9.13 Å². The van der Waals surface area contributed by atoms with E-state index in [-0.39, 0.29) is 25.7 Å². The summed E-state index contributed by atoms with van der Waals surface area (Å²) < 4.78 is 68.5. The minimum Gasteiger partial charge on any atom is -0.462 e. The van der Waals surface area contributed by atoms with E-state index in [0.29, 0.717) is 25.7 Å². The topological polar surface area (TPSA) is 237 Å². The first-order valence-electron chi connectivity index (χ1n) is 39.8. The zero-order valence-electron chi connectivity index (χ0n) is 62.8. The van der Waals surface area contributed by atoms with Crippen LogP contribution in [0, 0.1) is 17.8 Å². The van der Waals surface area contributed by atoms with Gasteiger partial charge in [0.1, 0.15) is 19.3 Å². The molecule has 0 amide bonds. The summed E-state index contributed by atoms with van der Waals surface area (Å²) in [5, 5.41) is 10.6. The van der Waals surface area contributed by atoms with E-state index in [1.807, 2.05) is 0 Å². The molecule has 570 valence electrons. The largest absolute Gasteiger partial charge is 0.472 e. The molecule has 5 atom stereocenters. The maximum absolute atomic E-state index is 13.1. The molecule has 0 aromatic heterocycles. The Kier molecular flexibility index (Phi) is 66.2. The van der Waals surface area contributed by atoms with Gasteiger partial charge >= 0.3 is 39.5 Å². The molecule has 17 nitrogen and oxygen atoms in total. The summed E-state index contributed by atoms with van der Waals surface area (Å²) >= 11 is 0. The van der Waals surface area contributed by atoms with Crippen LogP contribution in [0.1, 0.15) is 395 Å². The summed E-state index contributed by atoms with van der Waals surface area (Å²) in [6.07, 6.45) is 54.0. The molecule has 0 fully saturated rings. The quantitative estimate of drug-likeness (QED) is 0.0222. The summed E-state index contributed by atoms with van der Waals surface area (Å²) in [6.45, 7) is 11.9. The first kappa shape index (κ1) is 94.1. The number of hydrogen-bond acceptors (Lipinski definition) is 15. The lowest BCUT2D eigenvalue weighted by Gasteiger charge is -2.21. The SMILES string of the molecule is CCCCCCCCCCCC(=O)OC[C@H](COP(=O)(O)OC[C@H](O)COP(=O)(O)OC[C@@H](COC(=O)CCCCCCCCCCCCCCCC(C)C)OC(=O)CCCCCCCCCCCCCCCCC(C)C)OC(=O)CCCCCCCCCCCCCC(C)C. The van der Waals surface area contributed by atoms with Gasteiger partial charge in [0.05, 0.1) is 26.4 Å². The Bertz CT molecular complexity index is 1870. The molecule has 19 heteroatoms. The van der Waals surface area contributed by atoms with E-state index < -0.39 is 97.5 Å². The standard InChI is InChI=1S/C77H150O17P2/c1-8-9-10-11-12-27-37-44-51-58-74(79)87-64-72(93-77(82)61-54-47-40-33-26-20-23-30-36-43-50-57-70(6)7)66-91-95(83,84)89-62-71(78)63-90-96(85,86)92-67-73(65-88-75(80)59-52-45-38-31-24-19-15-17-22-29-35-42-49-56-69(4)5)94-76(81)60-53-46-39-32-25-18-14-13-16-21-28-34-41-48-55-68(2)3/h68-73,78H,8-67H2,1-7H3,(H,83,84)(H,85,86)/t71-,72+,73+/m0/s1. The van der Waals surface area contributed by atoms with Gasteiger partial charge in [-0.1, -0.05) is 344 Å². The molecule has 0 radical (unpaired) electrons. The van der Waals surface area contributed by atoms with E-state index in [1.165, 1.54) is 205 Å². The van der Waals surface area contributed by atoms with Gasteiger partial charge in [-0.15, -0.1) is 0 Å². The van der Waals surface area contributed by atoms with Crippen LogP contribution in [0.4, 0.5) is 0 Å². The lowest BCUT2D eigenvalue weighted by molar-refractivity contribution is -0.161. The molecule has 0 bridgehead atoms. The average Bonchev–Trinajstić information content (AvgIpc) is 1.48. The monoisotopic (exact) mass is 1410 g/mol. The minimum absolute atomic E-state index is 0.106. The van der Waals surface area contributed by atoms with Crippen LogP contribution in [0.2, 0.25) is 0 Å². The molecular formula is C77H150O17P2. The van der Waals surface area contributed by atoms with Crippen LogP contribution in [0.15, 0.2) is 0 Å². The zero-order chi connectivity index (χ0) is 70.9. The van der Waals surface area contributed by atoms with E-state index in [1.54, 1.807) is 0 Å². The molecule has 0 aliphatic heterocycles. The molecule has 0 saturated heterocycles. The Labute approximate surface area is 588 Å². The number of hydrogen-bond donors (Lipinski definition) is 3. The Balaban J connectivity index is 5.24. The third-order valence-electron chi connectivity index (χ3n) is 17.9. The molecule has 3 N–H and O–H groups in total. The van der Waals surface area contributed by atoms with Crippen molar-refractivity contribution in [3.63, 3.8) is 0 Å². The van der Waals surface area contributed by atoms with Gasteiger partial charge in [0.25, 0.3) is 0 Å². The highest BCUT2D eigenvalue weighted by Gasteiger charge is 2.30. The Morgan fingerprint density at radius 3 is 0.708 bits per heavy atom. The molecular weight excluding hydrogens is 1260 g/mol. The smallest absolute Gasteiger partial charge is 0.462 e. The lowest BCUT2D eigenvalue weighted by Crippen LogP contribution is -2.30. The fourth-order valence-electron chi connectivity index (χ4n) is 11.8. The van der Waals surface area contributed by atoms with E-state index >= 15 is 0 Å². The predicted molar refractivity (Wildman–Crippen MR) is 391 cm³/mol. The van der Waals surface area contributed by atoms with Crippen LogP contribution in [0.5, 0.6) is 0 Å². The highest BCUT2D eigenvalue weighted by atomic mass is 31.2. The van der Waals surface area contributed by atoms with Crippen molar-refractivity contribution in [1.82, 2.24) is 0 Å². The first-order chi connectivity index (χ1) is 46.2. The first-order valence-corrected chi connectivity index (χ1v) is 42.8. The second-order valence-corrected chi connectivity index (χ2v) is 32.1. The molecule has 0 aromatic rings. The van der Waals surface area contributed by atoms with Gasteiger partial charge in [-0.3, -0.25) is 37.3 Å². The van der Waals surface area contributed by atoms with Gasteiger partial charge in [0, 0.05) is 25.7 Å². The molecule has 0 aromatic carbocycles. The molecule has 2 unspecified atom stereocenters. The van der Waals surface area contributed by atoms with Crippen LogP contribution in [-0.2, 0) is 65.4 Å². The lowest BCUT2D eigenvalue weighted by atomic mass is 10.0. The molecule has 0 aliphatic carbocycles. The molecule has 0 rings (SSSR count). The third-order valence-corrected chi connectivity index (χ3v) is 19.8. The van der Waals surface area contributed by atoms with Crippen molar-refractivity contribution in [2.45, 2.75) is 414 Å². The highest BCUT2D eigenvalue weighted by molar-refractivity contribution is 7.47. The van der Waals surface area contributed by atoms with E-state index in [0.717, 1.165) is 108 Å². The van der Waals surface area contributed by atoms with Crippen LogP contribution >= 0.6 is 15.6 Å². The van der Waals surface area contributed by atoms with Gasteiger partial charge in [0.2, 0.25) is 0 Å². The fraction of sp³-hybridized carbons (Fsp3) is 0.948. The fourth-order valence-corrected chi connectivity index (χ4v) is 13.4. The third kappa shape index (κ3) is 70.5. The number of unbranched alkanes of at least 4 members (excludes halogenated alkanes) is 43. The second-order valence-electron chi connectivity index (χ2n) is 29.2. The van der Waals surface area contributed by atoms with Crippen molar-refractivity contribution in [2.75, 3.05) is 39.6 Å². The number of carbonyl (C=O) groups is 4. The zero-order valence-corrected chi connectivity index (χ0v) is 64.6. The summed E-state index contributed by atoms with van der Waals surface area (Å²) in [6, 6.07) is 0. The van der Waals surface area contributed by atoms with Crippen molar-refractivity contribution < 1.29 is 80.2 Å². The summed E-state index contributed by atoms with van der Waals surface area (Å²) in [7, 11) is -9.91. The predicted octanol–water partition coefficient (Wildman–Crippen LogP) is 22.6. The van der Waals surface area contributed by atoms with Crippen molar-refractivity contribution >= 4 is 39.5 Å². The number of rotatable bonds is 75. The molecule has 96 heavy (non-hydrogen) atoms. The molecule has 0 heterocycles. The Morgan fingerprint density at radius 2 is 0.479 bits per heavy atom. The maximum Gasteiger partial charge on any atom is 0.472 e. The van der Waals surface area contributed by atoms with Crippen LogP contribution in [0.3, 0.4) is 0 Å². The van der Waals surface area contributed by atoms with Crippen molar-refractivity contribution in [1.29, 1.82) is 0 Å². The number of phosphoric acid groups is 2. The number of aliphatic hydroxyl groups excluding tert-OH is 1. The number of aliphatic hydroxyl groups is 1. The summed E-state index contributed by atoms with van der Waals surface area (Å²) in [4.78, 5) is 72.8. The number of esters is 4. The Hall–Kier alpha value is -1.94. The van der Waals surface area contributed by atoms with Crippen molar-refractivity contribution in [2.24, 2.45) is 17.8 Å². The normalized spacial score (nSPS) is 14.1. The van der Waals surface area contributed by atoms with Crippen LogP contribution in [-0.4, -0.2) is 96.7 Å². The minimum atomic E-state index is -4.96. The molecule has 0 spiro atoms. The van der Waals surface area contributed by atoms with Crippen molar-refractivity contribution in [3.8, 4) is 0 Å². The van der Waals surface area contributed by atoms with E-state index in [9.17, 15) is 43.2 Å². The van der Waals surface area contributed by atoms with E-state index in [4.69, 9.17) is 37.0 Å². The number of ether oxygens (including phenoxy) is 4. The van der Waals surface area contributed by atoms with Gasteiger partial charge in [-0.05, 0) is 43.4 Å². The van der Waals surface area contributed by atoms with Gasteiger partial charge < -0.3 is 33.8 Å². The molecule has 0 saturated carbocycles. The van der Waals surface area contributed by atoms with Crippen LogP contribution in [0.25, 0.3) is 0 Å². The maximum atomic E-state index is 13.1. The van der Waals surface area contributed by atoms with Gasteiger partial charge in [-0.2, -0.15) is 0 Å². The average molecular weight is 1410 g/mol. The number of carbonyl (C=O) groups excluding carboxylic acids is 4. The van der Waals surface area contributed by atoms with Crippen LogP contribution < -0.4 is 0 Å².